The number of hydrogen-bond donors (Lipinski definition) is 1. The summed E-state index contributed by atoms with van der Waals surface area (Å²) in [5, 5.41) is 3.21. The van der Waals surface area contributed by atoms with Crippen LogP contribution in [0.1, 0.15) is 32.4 Å². The summed E-state index contributed by atoms with van der Waals surface area (Å²) in [6.07, 6.45) is 2.76. The molecule has 3 nitrogen and oxygen atoms in total. The minimum absolute atomic E-state index is 0.415. The van der Waals surface area contributed by atoms with Crippen LogP contribution in [0.4, 0.5) is 14.6 Å². The maximum absolute atomic E-state index is 13.4. The van der Waals surface area contributed by atoms with Crippen molar-refractivity contribution in [3.63, 3.8) is 0 Å². The van der Waals surface area contributed by atoms with Gasteiger partial charge >= 0.3 is 0 Å². The molecular formula is C16H19F2N3. The minimum Gasteiger partial charge on any atom is -0.370 e. The average Bonchev–Trinajstić information content (AvgIpc) is 2.48. The molecule has 0 spiro atoms. The van der Waals surface area contributed by atoms with Crippen molar-refractivity contribution in [2.24, 2.45) is 0 Å². The first-order valence-corrected chi connectivity index (χ1v) is 7.21. The summed E-state index contributed by atoms with van der Waals surface area (Å²) in [7, 11) is 0. The quantitative estimate of drug-likeness (QED) is 0.867. The Bertz CT molecular complexity index is 614. The molecule has 0 saturated heterocycles. The highest BCUT2D eigenvalue weighted by molar-refractivity contribution is 5.57. The second-order valence-corrected chi connectivity index (χ2v) is 4.87. The monoisotopic (exact) mass is 291 g/mol. The molecular weight excluding hydrogens is 272 g/mol. The highest BCUT2D eigenvalue weighted by Crippen LogP contribution is 2.21. The Morgan fingerprint density at radius 1 is 1.00 bits per heavy atom. The first-order chi connectivity index (χ1) is 10.1. The smallest absolute Gasteiger partial charge is 0.161 e. The summed E-state index contributed by atoms with van der Waals surface area (Å²) in [4.78, 5) is 8.81. The van der Waals surface area contributed by atoms with E-state index in [0.29, 0.717) is 11.4 Å². The highest BCUT2D eigenvalue weighted by Gasteiger charge is 2.09. The molecule has 5 heteroatoms. The van der Waals surface area contributed by atoms with Gasteiger partial charge in [-0.3, -0.25) is 0 Å². The van der Waals surface area contributed by atoms with Crippen molar-refractivity contribution in [3.8, 4) is 11.4 Å². The fourth-order valence-electron chi connectivity index (χ4n) is 1.99. The lowest BCUT2D eigenvalue weighted by Gasteiger charge is -2.09. The van der Waals surface area contributed by atoms with Crippen LogP contribution >= 0.6 is 0 Å². The van der Waals surface area contributed by atoms with Gasteiger partial charge in [0, 0.05) is 23.9 Å². The predicted octanol–water partition coefficient (Wildman–Crippen LogP) is 4.20. The molecule has 0 saturated carbocycles. The largest absolute Gasteiger partial charge is 0.370 e. The van der Waals surface area contributed by atoms with Crippen LogP contribution in [0.5, 0.6) is 0 Å². The summed E-state index contributed by atoms with van der Waals surface area (Å²) in [5.74, 6) is -0.624. The van der Waals surface area contributed by atoms with E-state index >= 15 is 0 Å². The molecule has 1 heterocycles. The predicted molar refractivity (Wildman–Crippen MR) is 80.2 cm³/mol. The summed E-state index contributed by atoms with van der Waals surface area (Å²) in [5.41, 5.74) is 1.37. The lowest BCUT2D eigenvalue weighted by molar-refractivity contribution is 0.509. The van der Waals surface area contributed by atoms with Crippen LogP contribution in [0.15, 0.2) is 24.3 Å². The lowest BCUT2D eigenvalue weighted by atomic mass is 10.2. The van der Waals surface area contributed by atoms with Crippen molar-refractivity contribution >= 4 is 5.82 Å². The number of nitrogens with zero attached hydrogens (tertiary/aromatic N) is 2. The van der Waals surface area contributed by atoms with Crippen molar-refractivity contribution in [3.05, 3.63) is 41.6 Å². The molecule has 112 valence electrons. The SMILES string of the molecule is CCCNc1cc(CCC)nc(-c2ccc(F)c(F)c2)n1. The van der Waals surface area contributed by atoms with Gasteiger partial charge < -0.3 is 5.32 Å². The molecule has 0 atom stereocenters. The van der Waals surface area contributed by atoms with Gasteiger partial charge in [-0.05, 0) is 31.0 Å². The minimum atomic E-state index is -0.889. The Balaban J connectivity index is 2.40. The van der Waals surface area contributed by atoms with Crippen LogP contribution in [0, 0.1) is 11.6 Å². The number of anilines is 1. The third kappa shape index (κ3) is 3.97. The number of rotatable bonds is 6. The Kier molecular flexibility index (Phi) is 5.20. The van der Waals surface area contributed by atoms with Crippen molar-refractivity contribution < 1.29 is 8.78 Å². The zero-order chi connectivity index (χ0) is 15.2. The zero-order valence-electron chi connectivity index (χ0n) is 12.3. The van der Waals surface area contributed by atoms with Crippen molar-refractivity contribution in [2.75, 3.05) is 11.9 Å². The molecule has 2 aromatic rings. The number of hydrogen-bond acceptors (Lipinski definition) is 3. The molecule has 0 amide bonds. The van der Waals surface area contributed by atoms with Gasteiger partial charge in [0.1, 0.15) is 5.82 Å². The molecule has 0 bridgehead atoms. The second kappa shape index (κ2) is 7.11. The first-order valence-electron chi connectivity index (χ1n) is 7.21. The van der Waals surface area contributed by atoms with E-state index in [2.05, 4.69) is 29.1 Å². The number of halogens is 2. The Morgan fingerprint density at radius 2 is 1.81 bits per heavy atom. The van der Waals surface area contributed by atoms with Crippen LogP contribution in [0.2, 0.25) is 0 Å². The van der Waals surface area contributed by atoms with Gasteiger partial charge in [-0.15, -0.1) is 0 Å². The maximum Gasteiger partial charge on any atom is 0.161 e. The topological polar surface area (TPSA) is 37.8 Å². The van der Waals surface area contributed by atoms with Crippen molar-refractivity contribution in [1.29, 1.82) is 0 Å². The lowest BCUT2D eigenvalue weighted by Crippen LogP contribution is -2.05. The molecule has 1 aromatic carbocycles. The molecule has 0 aliphatic carbocycles. The zero-order valence-corrected chi connectivity index (χ0v) is 12.3. The van der Waals surface area contributed by atoms with Crippen LogP contribution in [-0.4, -0.2) is 16.5 Å². The van der Waals surface area contributed by atoms with Crippen LogP contribution in [0.3, 0.4) is 0 Å². The molecule has 1 aromatic heterocycles. The summed E-state index contributed by atoms with van der Waals surface area (Å²) < 4.78 is 26.4. The first kappa shape index (κ1) is 15.4. The summed E-state index contributed by atoms with van der Waals surface area (Å²) in [6, 6.07) is 5.62. The summed E-state index contributed by atoms with van der Waals surface area (Å²) in [6.45, 7) is 4.94. The molecule has 0 aliphatic heterocycles. The summed E-state index contributed by atoms with van der Waals surface area (Å²) >= 11 is 0. The van der Waals surface area contributed by atoms with Gasteiger partial charge in [0.15, 0.2) is 17.5 Å². The average molecular weight is 291 g/mol. The number of benzene rings is 1. The normalized spacial score (nSPS) is 10.7. The fraction of sp³-hybridized carbons (Fsp3) is 0.375. The van der Waals surface area contributed by atoms with Gasteiger partial charge in [0.05, 0.1) is 0 Å². The number of aromatic nitrogens is 2. The highest BCUT2D eigenvalue weighted by atomic mass is 19.2. The standard InChI is InChI=1S/C16H19F2N3/c1-3-5-12-10-15(19-8-4-2)21-16(20-12)11-6-7-13(17)14(18)9-11/h6-7,9-10H,3-5,8H2,1-2H3,(H,19,20,21). The fourth-order valence-corrected chi connectivity index (χ4v) is 1.99. The molecule has 21 heavy (non-hydrogen) atoms. The van der Waals surface area contributed by atoms with E-state index in [1.54, 1.807) is 0 Å². The van der Waals surface area contributed by atoms with Gasteiger partial charge in [0.25, 0.3) is 0 Å². The Labute approximate surface area is 123 Å². The molecule has 0 fully saturated rings. The third-order valence-electron chi connectivity index (χ3n) is 3.02. The van der Waals surface area contributed by atoms with E-state index in [1.807, 2.05) is 6.07 Å². The van der Waals surface area contributed by atoms with E-state index in [0.717, 1.165) is 49.5 Å². The third-order valence-corrected chi connectivity index (χ3v) is 3.02. The van der Waals surface area contributed by atoms with Gasteiger partial charge in [-0.2, -0.15) is 0 Å². The molecule has 0 aliphatic rings. The molecule has 0 unspecified atom stereocenters. The van der Waals surface area contributed by atoms with Crippen molar-refractivity contribution in [1.82, 2.24) is 9.97 Å². The van der Waals surface area contributed by atoms with E-state index in [9.17, 15) is 8.78 Å². The Morgan fingerprint density at radius 3 is 2.48 bits per heavy atom. The van der Waals surface area contributed by atoms with E-state index < -0.39 is 11.6 Å². The molecule has 2 rings (SSSR count). The second-order valence-electron chi connectivity index (χ2n) is 4.87. The van der Waals surface area contributed by atoms with E-state index in [-0.39, 0.29) is 0 Å². The molecule has 0 radical (unpaired) electrons. The number of aryl methyl sites for hydroxylation is 1. The number of nitrogens with one attached hydrogen (secondary N) is 1. The van der Waals surface area contributed by atoms with Gasteiger partial charge in [-0.1, -0.05) is 20.3 Å². The van der Waals surface area contributed by atoms with Crippen LogP contribution in [-0.2, 0) is 6.42 Å². The van der Waals surface area contributed by atoms with Crippen molar-refractivity contribution in [2.45, 2.75) is 33.1 Å². The van der Waals surface area contributed by atoms with E-state index in [1.165, 1.54) is 6.07 Å². The maximum atomic E-state index is 13.4. The van der Waals surface area contributed by atoms with Gasteiger partial charge in [-0.25, -0.2) is 18.7 Å². The van der Waals surface area contributed by atoms with Gasteiger partial charge in [0.2, 0.25) is 0 Å². The van der Waals surface area contributed by atoms with Crippen LogP contribution < -0.4 is 5.32 Å². The van der Waals surface area contributed by atoms with Crippen LogP contribution in [0.25, 0.3) is 11.4 Å². The molecule has 1 N–H and O–H groups in total. The van der Waals surface area contributed by atoms with E-state index in [4.69, 9.17) is 0 Å². The Hall–Kier alpha value is -2.04.